The van der Waals surface area contributed by atoms with E-state index in [1.54, 1.807) is 0 Å². The maximum atomic E-state index is 13.0. The molecular formula is C20H23F3N4O2S2. The third kappa shape index (κ3) is 4.87. The molecule has 0 unspecified atom stereocenters. The number of hydrogen-bond acceptors (Lipinski definition) is 5. The highest BCUT2D eigenvalue weighted by Crippen LogP contribution is 2.42. The standard InChI is InChI=1S/C20H23F3N4O2S2/c1-29-18(28)16-12-4-2-5-14(12)31-17(16)25-19(30)24-8-3-9-27-13(11-6-7-11)10-15(26-27)20(21,22)23/h10-11H,2-9H2,1H3,(H2,24,25,30). The van der Waals surface area contributed by atoms with Gasteiger partial charge in [-0.25, -0.2) is 4.79 Å². The van der Waals surface area contributed by atoms with E-state index in [4.69, 9.17) is 17.0 Å². The molecule has 1 saturated carbocycles. The largest absolute Gasteiger partial charge is 0.465 e. The zero-order valence-electron chi connectivity index (χ0n) is 17.0. The lowest BCUT2D eigenvalue weighted by Gasteiger charge is -2.12. The Labute approximate surface area is 187 Å². The van der Waals surface area contributed by atoms with E-state index >= 15 is 0 Å². The second kappa shape index (κ2) is 8.78. The van der Waals surface area contributed by atoms with Gasteiger partial charge in [-0.15, -0.1) is 11.3 Å². The van der Waals surface area contributed by atoms with E-state index in [9.17, 15) is 18.0 Å². The molecule has 2 heterocycles. The van der Waals surface area contributed by atoms with Crippen LogP contribution in [0.25, 0.3) is 0 Å². The van der Waals surface area contributed by atoms with E-state index < -0.39 is 11.9 Å². The second-order valence-corrected chi connectivity index (χ2v) is 9.25. The van der Waals surface area contributed by atoms with Gasteiger partial charge in [-0.05, 0) is 62.4 Å². The van der Waals surface area contributed by atoms with Gasteiger partial charge in [0.15, 0.2) is 10.8 Å². The first-order chi connectivity index (χ1) is 14.8. The smallest absolute Gasteiger partial charge is 0.435 e. The van der Waals surface area contributed by atoms with Crippen LogP contribution in [0.2, 0.25) is 0 Å². The Morgan fingerprint density at radius 1 is 1.39 bits per heavy atom. The lowest BCUT2D eigenvalue weighted by molar-refractivity contribution is -0.141. The fraction of sp³-hybridized carbons (Fsp3) is 0.550. The Bertz CT molecular complexity index is 995. The first-order valence-electron chi connectivity index (χ1n) is 10.2. The molecule has 2 N–H and O–H groups in total. The van der Waals surface area contributed by atoms with Crippen LogP contribution in [0.1, 0.15) is 63.8 Å². The Morgan fingerprint density at radius 2 is 2.16 bits per heavy atom. The highest BCUT2D eigenvalue weighted by molar-refractivity contribution is 7.80. The minimum Gasteiger partial charge on any atom is -0.465 e. The fourth-order valence-electron chi connectivity index (χ4n) is 3.84. The number of nitrogens with one attached hydrogen (secondary N) is 2. The highest BCUT2D eigenvalue weighted by Gasteiger charge is 2.37. The number of halogens is 3. The van der Waals surface area contributed by atoms with Crippen molar-refractivity contribution in [1.29, 1.82) is 0 Å². The van der Waals surface area contributed by atoms with Gasteiger partial charge in [0.2, 0.25) is 0 Å². The van der Waals surface area contributed by atoms with Gasteiger partial charge in [0.1, 0.15) is 5.00 Å². The number of fused-ring (bicyclic) bond motifs is 1. The van der Waals surface area contributed by atoms with E-state index in [2.05, 4.69) is 15.7 Å². The Kier molecular flexibility index (Phi) is 6.25. The van der Waals surface area contributed by atoms with Gasteiger partial charge >= 0.3 is 12.1 Å². The number of thiophene rings is 1. The number of alkyl halides is 3. The lowest BCUT2D eigenvalue weighted by atomic mass is 10.1. The number of carbonyl (C=O) groups excluding carboxylic acids is 1. The van der Waals surface area contributed by atoms with Crippen LogP contribution >= 0.6 is 23.6 Å². The fourth-order valence-corrected chi connectivity index (χ4v) is 5.40. The van der Waals surface area contributed by atoms with Crippen LogP contribution in [0.4, 0.5) is 18.2 Å². The van der Waals surface area contributed by atoms with E-state index in [1.807, 2.05) is 0 Å². The number of nitrogens with zero attached hydrogens (tertiary/aromatic N) is 2. The number of esters is 1. The second-order valence-electron chi connectivity index (χ2n) is 7.74. The van der Waals surface area contributed by atoms with E-state index in [0.717, 1.165) is 37.7 Å². The molecule has 2 aliphatic carbocycles. The number of rotatable bonds is 7. The number of thiocarbonyl (C=S) groups is 1. The number of aromatic nitrogens is 2. The van der Waals surface area contributed by atoms with Crippen molar-refractivity contribution in [1.82, 2.24) is 15.1 Å². The minimum absolute atomic E-state index is 0.178. The summed E-state index contributed by atoms with van der Waals surface area (Å²) in [6.45, 7) is 0.841. The molecule has 1 fully saturated rings. The molecule has 31 heavy (non-hydrogen) atoms. The Morgan fingerprint density at radius 3 is 2.84 bits per heavy atom. The molecule has 0 atom stereocenters. The van der Waals surface area contributed by atoms with Crippen LogP contribution in [-0.2, 0) is 30.3 Å². The summed E-state index contributed by atoms with van der Waals surface area (Å²) < 4.78 is 45.4. The molecule has 2 aromatic rings. The van der Waals surface area contributed by atoms with Gasteiger partial charge in [0, 0.05) is 29.6 Å². The van der Waals surface area contributed by atoms with Crippen molar-refractivity contribution in [3.8, 4) is 0 Å². The van der Waals surface area contributed by atoms with Gasteiger partial charge < -0.3 is 15.4 Å². The molecular weight excluding hydrogens is 449 g/mol. The Hall–Kier alpha value is -2.14. The van der Waals surface area contributed by atoms with Crippen LogP contribution < -0.4 is 10.6 Å². The molecule has 4 rings (SSSR count). The molecule has 0 aliphatic heterocycles. The molecule has 2 aliphatic rings. The molecule has 6 nitrogen and oxygen atoms in total. The summed E-state index contributed by atoms with van der Waals surface area (Å²) in [5, 5.41) is 10.9. The lowest BCUT2D eigenvalue weighted by Crippen LogP contribution is -2.30. The van der Waals surface area contributed by atoms with E-state index in [-0.39, 0.29) is 11.9 Å². The molecule has 0 bridgehead atoms. The van der Waals surface area contributed by atoms with Crippen molar-refractivity contribution >= 4 is 39.6 Å². The first-order valence-corrected chi connectivity index (χ1v) is 11.4. The normalized spacial score (nSPS) is 15.6. The van der Waals surface area contributed by atoms with Crippen LogP contribution in [-0.4, -0.2) is 34.5 Å². The highest BCUT2D eigenvalue weighted by atomic mass is 32.1. The molecule has 168 valence electrons. The molecule has 0 aromatic carbocycles. The Balaban J connectivity index is 1.32. The zero-order valence-corrected chi connectivity index (χ0v) is 18.6. The summed E-state index contributed by atoms with van der Waals surface area (Å²) in [6.07, 6.45) is 0.762. The van der Waals surface area contributed by atoms with Gasteiger partial charge in [0.05, 0.1) is 12.7 Å². The molecule has 0 saturated heterocycles. The van der Waals surface area contributed by atoms with Crippen LogP contribution in [0.3, 0.4) is 0 Å². The molecule has 0 amide bonds. The third-order valence-electron chi connectivity index (χ3n) is 5.47. The number of aryl methyl sites for hydroxylation is 2. The zero-order chi connectivity index (χ0) is 22.2. The van der Waals surface area contributed by atoms with Crippen molar-refractivity contribution in [2.45, 2.75) is 57.2 Å². The van der Waals surface area contributed by atoms with Crippen LogP contribution in [0.15, 0.2) is 6.07 Å². The number of ether oxygens (including phenoxy) is 1. The predicted molar refractivity (Wildman–Crippen MR) is 116 cm³/mol. The van der Waals surface area contributed by atoms with Crippen molar-refractivity contribution in [3.63, 3.8) is 0 Å². The predicted octanol–water partition coefficient (Wildman–Crippen LogP) is 4.49. The average molecular weight is 473 g/mol. The molecule has 11 heteroatoms. The van der Waals surface area contributed by atoms with Gasteiger partial charge in [0.25, 0.3) is 0 Å². The molecule has 2 aromatic heterocycles. The SMILES string of the molecule is COC(=O)c1c(NC(=S)NCCCn2nc(C(F)(F)F)cc2C2CC2)sc2c1CCC2. The van der Waals surface area contributed by atoms with E-state index in [0.29, 0.717) is 40.9 Å². The molecule has 0 radical (unpaired) electrons. The molecule has 0 spiro atoms. The van der Waals surface area contributed by atoms with Crippen molar-refractivity contribution in [3.05, 3.63) is 33.5 Å². The summed E-state index contributed by atoms with van der Waals surface area (Å²) in [7, 11) is 1.36. The monoisotopic (exact) mass is 472 g/mol. The first kappa shape index (κ1) is 22.1. The van der Waals surface area contributed by atoms with Gasteiger partial charge in [-0.3, -0.25) is 4.68 Å². The van der Waals surface area contributed by atoms with Crippen molar-refractivity contribution < 1.29 is 22.7 Å². The number of anilines is 1. The maximum Gasteiger partial charge on any atom is 0.435 e. The van der Waals surface area contributed by atoms with Crippen molar-refractivity contribution in [2.75, 3.05) is 19.0 Å². The maximum absolute atomic E-state index is 13.0. The summed E-state index contributed by atoms with van der Waals surface area (Å²) in [5.74, 6) is -0.201. The third-order valence-corrected chi connectivity index (χ3v) is 6.92. The van der Waals surface area contributed by atoms with E-state index in [1.165, 1.54) is 34.1 Å². The van der Waals surface area contributed by atoms with Gasteiger partial charge in [-0.2, -0.15) is 18.3 Å². The summed E-state index contributed by atoms with van der Waals surface area (Å²) in [4.78, 5) is 13.4. The number of carbonyl (C=O) groups is 1. The average Bonchev–Trinajstić information content (AvgIpc) is 3.14. The summed E-state index contributed by atoms with van der Waals surface area (Å²) in [6, 6.07) is 1.17. The number of hydrogen-bond donors (Lipinski definition) is 2. The summed E-state index contributed by atoms with van der Waals surface area (Å²) >= 11 is 6.86. The summed E-state index contributed by atoms with van der Waals surface area (Å²) in [5.41, 5.74) is 1.41. The topological polar surface area (TPSA) is 68.2 Å². The minimum atomic E-state index is -4.43. The van der Waals surface area contributed by atoms with Crippen LogP contribution in [0.5, 0.6) is 0 Å². The number of methoxy groups -OCH3 is 1. The van der Waals surface area contributed by atoms with Gasteiger partial charge in [-0.1, -0.05) is 0 Å². The van der Waals surface area contributed by atoms with Crippen molar-refractivity contribution in [2.24, 2.45) is 0 Å². The quantitative estimate of drug-likeness (QED) is 0.352. The van der Waals surface area contributed by atoms with Crippen LogP contribution in [0, 0.1) is 0 Å².